The van der Waals surface area contributed by atoms with Crippen LogP contribution in [0.5, 0.6) is 0 Å². The molecule has 0 N–H and O–H groups in total. The average molecular weight is 462 g/mol. The number of para-hydroxylation sites is 1. The number of nitrogens with zero attached hydrogens (tertiary/aromatic N) is 1. The van der Waals surface area contributed by atoms with Crippen LogP contribution in [-0.4, -0.2) is 4.98 Å². The molecule has 0 bridgehead atoms. The molecule has 5 aromatic rings. The van der Waals surface area contributed by atoms with Crippen molar-refractivity contribution in [2.75, 3.05) is 0 Å². The molecule has 7 rings (SSSR count). The second kappa shape index (κ2) is 8.34. The number of furan rings is 1. The minimum absolute atomic E-state index is 0.237. The van der Waals surface area contributed by atoms with Gasteiger partial charge in [0.15, 0.2) is 0 Å². The molecule has 2 nitrogen and oxygen atoms in total. The van der Waals surface area contributed by atoms with Crippen molar-refractivity contribution in [1.29, 1.82) is 0 Å². The Balaban J connectivity index is 1.40. The average Bonchev–Trinajstić information content (AvgIpc) is 3.57. The van der Waals surface area contributed by atoms with Gasteiger partial charge < -0.3 is 4.42 Å². The fourth-order valence-corrected chi connectivity index (χ4v) is 6.69. The Bertz CT molecular complexity index is 1550. The van der Waals surface area contributed by atoms with Gasteiger partial charge in [0.2, 0.25) is 0 Å². The molecule has 0 radical (unpaired) electrons. The molecule has 2 aliphatic carbocycles. The summed E-state index contributed by atoms with van der Waals surface area (Å²) in [7, 11) is 0. The molecule has 2 aliphatic rings. The Morgan fingerprint density at radius 1 is 0.800 bits per heavy atom. The topological polar surface area (TPSA) is 26.0 Å². The van der Waals surface area contributed by atoms with E-state index in [4.69, 9.17) is 4.42 Å². The van der Waals surface area contributed by atoms with Crippen molar-refractivity contribution < 1.29 is 8.81 Å². The van der Waals surface area contributed by atoms with Gasteiger partial charge in [0.05, 0.1) is 11.3 Å². The van der Waals surface area contributed by atoms with Gasteiger partial charge in [-0.3, -0.25) is 4.98 Å². The van der Waals surface area contributed by atoms with E-state index < -0.39 is 0 Å². The molecule has 0 aliphatic heterocycles. The quantitative estimate of drug-likeness (QED) is 0.268. The highest BCUT2D eigenvalue weighted by Gasteiger charge is 2.30. The molecule has 174 valence electrons. The number of benzene rings is 3. The third-order valence-electron chi connectivity index (χ3n) is 8.32. The third kappa shape index (κ3) is 3.40. The lowest BCUT2D eigenvalue weighted by Crippen LogP contribution is -2.16. The van der Waals surface area contributed by atoms with Crippen molar-refractivity contribution in [1.82, 2.24) is 4.98 Å². The van der Waals surface area contributed by atoms with E-state index in [2.05, 4.69) is 23.2 Å². The lowest BCUT2D eigenvalue weighted by atomic mass is 9.74. The minimum atomic E-state index is -0.237. The molecule has 2 heterocycles. The van der Waals surface area contributed by atoms with Crippen LogP contribution < -0.4 is 0 Å². The van der Waals surface area contributed by atoms with Gasteiger partial charge in [-0.1, -0.05) is 49.2 Å². The molecule has 2 aromatic heterocycles. The lowest BCUT2D eigenvalue weighted by Gasteiger charge is -2.30. The van der Waals surface area contributed by atoms with Crippen LogP contribution in [0, 0.1) is 11.7 Å². The zero-order valence-electron chi connectivity index (χ0n) is 19.8. The Morgan fingerprint density at radius 3 is 2.54 bits per heavy atom. The van der Waals surface area contributed by atoms with Gasteiger partial charge >= 0.3 is 0 Å². The van der Waals surface area contributed by atoms with Gasteiger partial charge in [-0.2, -0.15) is 0 Å². The molecule has 3 aromatic carbocycles. The predicted molar refractivity (Wildman–Crippen MR) is 140 cm³/mol. The lowest BCUT2D eigenvalue weighted by molar-refractivity contribution is 0.387. The van der Waals surface area contributed by atoms with Crippen molar-refractivity contribution in [3.8, 4) is 22.4 Å². The van der Waals surface area contributed by atoms with Crippen LogP contribution in [0.4, 0.5) is 4.39 Å². The molecule has 1 saturated carbocycles. The Hall–Kier alpha value is -3.46. The summed E-state index contributed by atoms with van der Waals surface area (Å²) in [6.07, 6.45) is 10.8. The highest BCUT2D eigenvalue weighted by Crippen LogP contribution is 2.46. The summed E-state index contributed by atoms with van der Waals surface area (Å²) in [6.45, 7) is 0. The van der Waals surface area contributed by atoms with Gasteiger partial charge in [-0.15, -0.1) is 0 Å². The normalized spacial score (nSPS) is 18.4. The third-order valence-corrected chi connectivity index (χ3v) is 8.32. The summed E-state index contributed by atoms with van der Waals surface area (Å²) in [5.41, 5.74) is 7.53. The fourth-order valence-electron chi connectivity index (χ4n) is 6.69. The molecule has 0 saturated heterocycles. The Labute approximate surface area is 204 Å². The Kier molecular flexibility index (Phi) is 4.97. The first-order valence-corrected chi connectivity index (χ1v) is 13.0. The highest BCUT2D eigenvalue weighted by atomic mass is 19.1. The number of aromatic nitrogens is 1. The number of rotatable bonds is 3. The highest BCUT2D eigenvalue weighted by molar-refractivity contribution is 6.12. The molecule has 1 unspecified atom stereocenters. The summed E-state index contributed by atoms with van der Waals surface area (Å²) in [5, 5.41) is 1.93. The number of hydrogen-bond donors (Lipinski definition) is 0. The van der Waals surface area contributed by atoms with Crippen molar-refractivity contribution in [2.24, 2.45) is 5.92 Å². The maximum absolute atomic E-state index is 15.4. The first-order valence-electron chi connectivity index (χ1n) is 13.0. The molecule has 1 atom stereocenters. The molecular formula is C32H28FNO. The van der Waals surface area contributed by atoms with E-state index in [1.807, 2.05) is 42.5 Å². The monoisotopic (exact) mass is 461 g/mol. The maximum atomic E-state index is 15.4. The van der Waals surface area contributed by atoms with Crippen molar-refractivity contribution in [3.05, 3.63) is 89.9 Å². The number of fused-ring (bicyclic) bond motifs is 4. The summed E-state index contributed by atoms with van der Waals surface area (Å²) < 4.78 is 21.9. The van der Waals surface area contributed by atoms with Gasteiger partial charge in [-0.25, -0.2) is 4.39 Å². The molecule has 1 fully saturated rings. The molecular weight excluding hydrogens is 433 g/mol. The van der Waals surface area contributed by atoms with E-state index in [0.717, 1.165) is 45.5 Å². The van der Waals surface area contributed by atoms with Crippen molar-refractivity contribution >= 4 is 21.9 Å². The predicted octanol–water partition coefficient (Wildman–Crippen LogP) is 9.06. The van der Waals surface area contributed by atoms with Gasteiger partial charge in [0.1, 0.15) is 17.0 Å². The van der Waals surface area contributed by atoms with Gasteiger partial charge in [0.25, 0.3) is 0 Å². The SMILES string of the molecule is Fc1ccc2c(oc3c(-c4ccccn4)cccc32)c1-c1ccc2c(c1)CCCC2C1CCCC1. The maximum Gasteiger partial charge on any atom is 0.146 e. The first-order chi connectivity index (χ1) is 17.3. The zero-order valence-corrected chi connectivity index (χ0v) is 19.8. The summed E-state index contributed by atoms with van der Waals surface area (Å²) >= 11 is 0. The van der Waals surface area contributed by atoms with E-state index in [-0.39, 0.29) is 5.82 Å². The summed E-state index contributed by atoms with van der Waals surface area (Å²) in [5.74, 6) is 1.25. The number of hydrogen-bond acceptors (Lipinski definition) is 2. The second-order valence-electron chi connectivity index (χ2n) is 10.3. The van der Waals surface area contributed by atoms with Crippen molar-refractivity contribution in [3.63, 3.8) is 0 Å². The first kappa shape index (κ1) is 20.9. The van der Waals surface area contributed by atoms with Crippen LogP contribution in [-0.2, 0) is 6.42 Å². The minimum Gasteiger partial charge on any atom is -0.455 e. The largest absolute Gasteiger partial charge is 0.455 e. The van der Waals surface area contributed by atoms with Crippen LogP contribution in [0.3, 0.4) is 0 Å². The van der Waals surface area contributed by atoms with E-state index in [1.165, 1.54) is 49.7 Å². The van der Waals surface area contributed by atoms with Crippen LogP contribution in [0.2, 0.25) is 0 Å². The van der Waals surface area contributed by atoms with E-state index in [0.29, 0.717) is 17.1 Å². The van der Waals surface area contributed by atoms with Gasteiger partial charge in [0, 0.05) is 22.5 Å². The standard InChI is InChI=1S/C32H28FNO/c33-28-17-16-26-25-11-6-12-27(29-13-3-4-18-34-29)31(25)35-32(26)30(28)22-14-15-24-21(19-22)9-5-10-23(24)20-7-1-2-8-20/h3-4,6,11-20,23H,1-2,5,7-10H2. The van der Waals surface area contributed by atoms with E-state index in [1.54, 1.807) is 12.3 Å². The number of halogens is 1. The summed E-state index contributed by atoms with van der Waals surface area (Å²) in [4.78, 5) is 4.52. The van der Waals surface area contributed by atoms with Crippen LogP contribution >= 0.6 is 0 Å². The Morgan fingerprint density at radius 2 is 1.69 bits per heavy atom. The molecule has 35 heavy (non-hydrogen) atoms. The van der Waals surface area contributed by atoms with E-state index in [9.17, 15) is 0 Å². The molecule has 0 spiro atoms. The number of aryl methyl sites for hydroxylation is 1. The van der Waals surface area contributed by atoms with Crippen LogP contribution in [0.15, 0.2) is 77.3 Å². The van der Waals surface area contributed by atoms with E-state index >= 15 is 4.39 Å². The van der Waals surface area contributed by atoms with Gasteiger partial charge in [-0.05, 0) is 91.0 Å². The molecule has 0 amide bonds. The van der Waals surface area contributed by atoms with Crippen LogP contribution in [0.25, 0.3) is 44.3 Å². The molecule has 3 heteroatoms. The zero-order chi connectivity index (χ0) is 23.4. The number of pyridine rings is 1. The smallest absolute Gasteiger partial charge is 0.146 e. The van der Waals surface area contributed by atoms with Crippen LogP contribution in [0.1, 0.15) is 55.6 Å². The second-order valence-corrected chi connectivity index (χ2v) is 10.3. The fraction of sp³-hybridized carbons (Fsp3) is 0.281. The summed E-state index contributed by atoms with van der Waals surface area (Å²) in [6, 6.07) is 22.0. The van der Waals surface area contributed by atoms with Crippen molar-refractivity contribution in [2.45, 2.75) is 50.9 Å².